The molecule has 0 spiro atoms. The molecule has 0 heterocycles. The van der Waals surface area contributed by atoms with Crippen molar-refractivity contribution in [3.05, 3.63) is 0 Å². The average molecular weight is 139 g/mol. The predicted octanol–water partition coefficient (Wildman–Crippen LogP) is -1.35. The van der Waals surface area contributed by atoms with Gasteiger partial charge in [0.2, 0.25) is 0 Å². The number of hydrogen-bond acceptors (Lipinski definition) is 2. The Morgan fingerprint density at radius 2 is 2.00 bits per heavy atom. The van der Waals surface area contributed by atoms with Crippen molar-refractivity contribution >= 4 is 20.2 Å². The molecule has 5 heavy (non-hydrogen) atoms. The summed E-state index contributed by atoms with van der Waals surface area (Å²) < 4.78 is -0.0648. The second-order valence-electron chi connectivity index (χ2n) is 0.552. The van der Waals surface area contributed by atoms with E-state index in [9.17, 15) is 0 Å². The Hall–Kier alpha value is 0.149. The van der Waals surface area contributed by atoms with Crippen LogP contribution >= 0.6 is 0 Å². The zero-order valence-electron chi connectivity index (χ0n) is 2.51. The summed E-state index contributed by atoms with van der Waals surface area (Å²) in [4.78, 5) is 0. The standard InChI is InChI=1S/C2H4O2Se/c3-1-2(4)5/h3H,1H2,(H,4,5). The van der Waals surface area contributed by atoms with E-state index < -0.39 is 0 Å². The molecular formula is C2H4O2Se. The Labute approximate surface area is 37.8 Å². The fraction of sp³-hybridized carbons (Fsp3) is 0.500. The van der Waals surface area contributed by atoms with Crippen molar-refractivity contribution in [1.29, 1.82) is 0 Å². The summed E-state index contributed by atoms with van der Waals surface area (Å²) in [6, 6.07) is 0. The van der Waals surface area contributed by atoms with Gasteiger partial charge in [0, 0.05) is 0 Å². The third-order valence-electron chi connectivity index (χ3n) is 0.135. The van der Waals surface area contributed by atoms with E-state index in [4.69, 9.17) is 10.2 Å². The minimum absolute atomic E-state index is 0.0648. The second-order valence-corrected chi connectivity index (χ2v) is 1.54. The van der Waals surface area contributed by atoms with Crippen molar-refractivity contribution in [1.82, 2.24) is 0 Å². The Balaban J connectivity index is 2.85. The van der Waals surface area contributed by atoms with Gasteiger partial charge in [-0.15, -0.1) is 0 Å². The van der Waals surface area contributed by atoms with Crippen LogP contribution in [-0.4, -0.2) is 37.0 Å². The summed E-state index contributed by atoms with van der Waals surface area (Å²) in [5.41, 5.74) is 0. The van der Waals surface area contributed by atoms with Gasteiger partial charge in [-0.1, -0.05) is 0 Å². The number of aliphatic hydroxyl groups is 2. The summed E-state index contributed by atoms with van der Waals surface area (Å²) in [6.07, 6.45) is 0. The predicted molar refractivity (Wildman–Crippen MR) is 19.8 cm³/mol. The van der Waals surface area contributed by atoms with Crippen LogP contribution in [0.25, 0.3) is 0 Å². The summed E-state index contributed by atoms with van der Waals surface area (Å²) in [5, 5.41) is 15.8. The molecule has 3 heteroatoms. The first-order valence-electron chi connectivity index (χ1n) is 1.10. The topological polar surface area (TPSA) is 40.5 Å². The number of aliphatic hydroxyl groups excluding tert-OH is 2. The molecule has 2 nitrogen and oxygen atoms in total. The molecule has 0 radical (unpaired) electrons. The maximum atomic E-state index is 7.97. The van der Waals surface area contributed by atoms with E-state index in [1.54, 1.807) is 0 Å². The molecule has 30 valence electrons. The fourth-order valence-corrected chi connectivity index (χ4v) is 0. The van der Waals surface area contributed by atoms with Crippen LogP contribution in [-0.2, 0) is 0 Å². The first-order chi connectivity index (χ1) is 2.27. The molecule has 0 atom stereocenters. The first-order valence-corrected chi connectivity index (χ1v) is 1.95. The molecule has 0 aliphatic heterocycles. The molecule has 0 aromatic rings. The molecule has 0 aliphatic rings. The second kappa shape index (κ2) is 2.39. The van der Waals surface area contributed by atoms with Gasteiger partial charge in [-0.3, -0.25) is 0 Å². The van der Waals surface area contributed by atoms with Gasteiger partial charge in [0.15, 0.2) is 0 Å². The average Bonchev–Trinajstić information content (AvgIpc) is 1.38. The van der Waals surface area contributed by atoms with Crippen LogP contribution in [0.3, 0.4) is 0 Å². The Bertz CT molecular complexity index is 42.9. The third kappa shape index (κ3) is 4.15. The van der Waals surface area contributed by atoms with Crippen LogP contribution in [0.1, 0.15) is 0 Å². The van der Waals surface area contributed by atoms with Gasteiger partial charge in [-0.2, -0.15) is 0 Å². The molecule has 0 unspecified atom stereocenters. The van der Waals surface area contributed by atoms with Gasteiger partial charge < -0.3 is 0 Å². The summed E-state index contributed by atoms with van der Waals surface area (Å²) in [7, 11) is 0. The molecule has 0 bridgehead atoms. The van der Waals surface area contributed by atoms with Gasteiger partial charge in [-0.05, 0) is 0 Å². The van der Waals surface area contributed by atoms with Crippen molar-refractivity contribution < 1.29 is 10.2 Å². The third-order valence-corrected chi connectivity index (χ3v) is 0.406. The van der Waals surface area contributed by atoms with Crippen LogP contribution in [0.5, 0.6) is 0 Å². The zero-order valence-corrected chi connectivity index (χ0v) is 4.22. The fourth-order valence-electron chi connectivity index (χ4n) is 0. The molecule has 0 aromatic heterocycles. The number of rotatable bonds is 1. The van der Waals surface area contributed by atoms with Crippen molar-refractivity contribution in [2.75, 3.05) is 6.61 Å². The first kappa shape index (κ1) is 5.15. The van der Waals surface area contributed by atoms with E-state index in [0.29, 0.717) is 0 Å². The Morgan fingerprint density at radius 1 is 1.80 bits per heavy atom. The molecule has 0 aromatic carbocycles. The van der Waals surface area contributed by atoms with Gasteiger partial charge in [0.25, 0.3) is 0 Å². The molecular weight excluding hydrogens is 135 g/mol. The maximum absolute atomic E-state index is 7.97. The number of hydrogen-bond donors (Lipinski definition) is 2. The van der Waals surface area contributed by atoms with E-state index in [0.717, 1.165) is 0 Å². The normalized spacial score (nSPS) is 7.40. The molecule has 0 amide bonds. The Morgan fingerprint density at radius 3 is 2.00 bits per heavy atom. The quantitative estimate of drug-likeness (QED) is 0.441. The van der Waals surface area contributed by atoms with E-state index in [-0.39, 0.29) is 11.2 Å². The van der Waals surface area contributed by atoms with E-state index in [2.05, 4.69) is 15.6 Å². The molecule has 0 saturated carbocycles. The van der Waals surface area contributed by atoms with Crippen molar-refractivity contribution in [2.45, 2.75) is 0 Å². The zero-order chi connectivity index (χ0) is 4.28. The van der Waals surface area contributed by atoms with Crippen LogP contribution in [0, 0.1) is 0 Å². The molecule has 0 rings (SSSR count). The molecule has 2 N–H and O–H groups in total. The summed E-state index contributed by atoms with van der Waals surface area (Å²) in [5.74, 6) is 0. The van der Waals surface area contributed by atoms with Crippen LogP contribution in [0.15, 0.2) is 0 Å². The van der Waals surface area contributed by atoms with Crippen molar-refractivity contribution in [3.8, 4) is 0 Å². The van der Waals surface area contributed by atoms with Gasteiger partial charge >= 0.3 is 37.0 Å². The Kier molecular flexibility index (Phi) is 2.46. The van der Waals surface area contributed by atoms with Gasteiger partial charge in [0.05, 0.1) is 0 Å². The summed E-state index contributed by atoms with van der Waals surface area (Å²) in [6.45, 7) is -0.278. The molecule has 0 aliphatic carbocycles. The van der Waals surface area contributed by atoms with Crippen molar-refractivity contribution in [2.24, 2.45) is 0 Å². The summed E-state index contributed by atoms with van der Waals surface area (Å²) >= 11 is 2.21. The van der Waals surface area contributed by atoms with E-state index in [1.165, 1.54) is 0 Å². The molecule has 0 fully saturated rings. The van der Waals surface area contributed by atoms with Crippen molar-refractivity contribution in [3.63, 3.8) is 0 Å². The van der Waals surface area contributed by atoms with Crippen LogP contribution in [0.2, 0.25) is 0 Å². The van der Waals surface area contributed by atoms with Gasteiger partial charge in [0.1, 0.15) is 0 Å². The minimum atomic E-state index is -0.278. The van der Waals surface area contributed by atoms with Crippen LogP contribution < -0.4 is 0 Å². The van der Waals surface area contributed by atoms with E-state index in [1.807, 2.05) is 0 Å². The monoisotopic (exact) mass is 140 g/mol. The SMILES string of the molecule is OCC(O)=[Se]. The van der Waals surface area contributed by atoms with Crippen LogP contribution in [0.4, 0.5) is 0 Å². The van der Waals surface area contributed by atoms with E-state index >= 15 is 0 Å². The molecule has 0 saturated heterocycles. The van der Waals surface area contributed by atoms with Gasteiger partial charge in [-0.25, -0.2) is 0 Å².